The molecule has 0 N–H and O–H groups in total. The van der Waals surface area contributed by atoms with Crippen molar-refractivity contribution in [2.24, 2.45) is 4.99 Å². The quantitative estimate of drug-likeness (QED) is 0.592. The summed E-state index contributed by atoms with van der Waals surface area (Å²) < 4.78 is 33.3. The Bertz CT molecular complexity index is 1230. The molecule has 29 heavy (non-hydrogen) atoms. The molecular weight excluding hydrogens is 412 g/mol. The number of fused-ring (bicyclic) bond motifs is 1. The number of methoxy groups -OCH3 is 1. The zero-order chi connectivity index (χ0) is 21.3. The molecule has 0 saturated heterocycles. The normalized spacial score (nSPS) is 13.0. The van der Waals surface area contributed by atoms with Gasteiger partial charge in [-0.05, 0) is 45.0 Å². The molecule has 0 saturated carbocycles. The lowest BCUT2D eigenvalue weighted by molar-refractivity contribution is 0.0985. The molecular formula is C19H24N4O4S2. The summed E-state index contributed by atoms with van der Waals surface area (Å²) in [7, 11) is -1.73. The summed E-state index contributed by atoms with van der Waals surface area (Å²) in [6, 6.07) is 6.67. The van der Waals surface area contributed by atoms with Gasteiger partial charge < -0.3 is 9.30 Å². The number of thiazole rings is 1. The number of amides is 1. The lowest BCUT2D eigenvalue weighted by Crippen LogP contribution is -2.20. The minimum atomic E-state index is -3.33. The first-order valence-electron chi connectivity index (χ1n) is 9.09. The SMILES string of the molecule is COCCn1c(=NC(=O)c2cc(C)nn2C(C)C)sc2cc(S(C)(=O)=O)ccc21. The van der Waals surface area contributed by atoms with Gasteiger partial charge in [0.25, 0.3) is 5.91 Å². The van der Waals surface area contributed by atoms with Crippen molar-refractivity contribution >= 4 is 37.3 Å². The molecule has 2 heterocycles. The molecule has 2 aromatic heterocycles. The summed E-state index contributed by atoms with van der Waals surface area (Å²) in [5, 5.41) is 4.37. The summed E-state index contributed by atoms with van der Waals surface area (Å²) >= 11 is 1.27. The molecule has 3 aromatic rings. The molecule has 10 heteroatoms. The topological polar surface area (TPSA) is 95.6 Å². The Morgan fingerprint density at radius 3 is 2.66 bits per heavy atom. The van der Waals surface area contributed by atoms with E-state index in [-0.39, 0.29) is 16.8 Å². The van der Waals surface area contributed by atoms with Gasteiger partial charge in [-0.2, -0.15) is 10.1 Å². The molecule has 0 bridgehead atoms. The van der Waals surface area contributed by atoms with Gasteiger partial charge in [0.05, 0.1) is 27.4 Å². The molecule has 0 radical (unpaired) electrons. The summed E-state index contributed by atoms with van der Waals surface area (Å²) in [5.41, 5.74) is 1.98. The van der Waals surface area contributed by atoms with Crippen LogP contribution in [0.2, 0.25) is 0 Å². The standard InChI is InChI=1S/C19H24N4O4S2/c1-12(2)23-16(10-13(3)21-23)18(24)20-19-22(8-9-27-4)15-7-6-14(29(5,25)26)11-17(15)28-19/h6-7,10-12H,8-9H2,1-5H3. The maximum absolute atomic E-state index is 12.9. The van der Waals surface area contributed by atoms with Crippen LogP contribution in [0.4, 0.5) is 0 Å². The maximum atomic E-state index is 12.9. The Morgan fingerprint density at radius 1 is 1.31 bits per heavy atom. The van der Waals surface area contributed by atoms with Crippen molar-refractivity contribution in [2.45, 2.75) is 38.3 Å². The van der Waals surface area contributed by atoms with Gasteiger partial charge in [-0.15, -0.1) is 0 Å². The van der Waals surface area contributed by atoms with Gasteiger partial charge >= 0.3 is 0 Å². The van der Waals surface area contributed by atoms with Crippen LogP contribution >= 0.6 is 11.3 Å². The second kappa shape index (κ2) is 8.21. The maximum Gasteiger partial charge on any atom is 0.297 e. The molecule has 0 spiro atoms. The predicted molar refractivity (Wildman–Crippen MR) is 112 cm³/mol. The number of nitrogens with zero attached hydrogens (tertiary/aromatic N) is 4. The fourth-order valence-corrected chi connectivity index (χ4v) is 4.80. The number of hydrogen-bond donors (Lipinski definition) is 0. The van der Waals surface area contributed by atoms with Crippen LogP contribution in [-0.2, 0) is 21.1 Å². The van der Waals surface area contributed by atoms with Crippen LogP contribution in [0.15, 0.2) is 34.2 Å². The number of carbonyl (C=O) groups excluding carboxylic acids is 1. The fraction of sp³-hybridized carbons (Fsp3) is 0.421. The highest BCUT2D eigenvalue weighted by Gasteiger charge is 2.17. The molecule has 8 nitrogen and oxygen atoms in total. The summed E-state index contributed by atoms with van der Waals surface area (Å²) in [4.78, 5) is 18.0. The highest BCUT2D eigenvalue weighted by molar-refractivity contribution is 7.90. The van der Waals surface area contributed by atoms with Crippen molar-refractivity contribution in [2.75, 3.05) is 20.0 Å². The third-order valence-corrected chi connectivity index (χ3v) is 6.52. The molecule has 0 aliphatic heterocycles. The minimum Gasteiger partial charge on any atom is -0.383 e. The first-order chi connectivity index (χ1) is 13.6. The van der Waals surface area contributed by atoms with E-state index in [0.29, 0.717) is 23.6 Å². The van der Waals surface area contributed by atoms with Gasteiger partial charge in [0.1, 0.15) is 5.69 Å². The number of aryl methyl sites for hydroxylation is 1. The van der Waals surface area contributed by atoms with Crippen molar-refractivity contribution in [3.05, 3.63) is 40.5 Å². The second-order valence-electron chi connectivity index (χ2n) is 7.06. The molecule has 0 aliphatic carbocycles. The van der Waals surface area contributed by atoms with Gasteiger partial charge in [-0.25, -0.2) is 8.42 Å². The van der Waals surface area contributed by atoms with E-state index in [1.54, 1.807) is 36.1 Å². The average Bonchev–Trinajstić information content (AvgIpc) is 3.19. The van der Waals surface area contributed by atoms with Gasteiger partial charge in [-0.1, -0.05) is 11.3 Å². The Hall–Kier alpha value is -2.30. The van der Waals surface area contributed by atoms with Gasteiger partial charge in [0.2, 0.25) is 0 Å². The van der Waals surface area contributed by atoms with E-state index in [1.165, 1.54) is 17.6 Å². The lowest BCUT2D eigenvalue weighted by Gasteiger charge is -2.08. The van der Waals surface area contributed by atoms with Crippen molar-refractivity contribution in [3.63, 3.8) is 0 Å². The van der Waals surface area contributed by atoms with E-state index in [9.17, 15) is 13.2 Å². The van der Waals surface area contributed by atoms with E-state index in [1.807, 2.05) is 25.3 Å². The molecule has 1 amide bonds. The van der Waals surface area contributed by atoms with E-state index in [0.717, 1.165) is 15.9 Å². The lowest BCUT2D eigenvalue weighted by atomic mass is 10.3. The third kappa shape index (κ3) is 4.49. The third-order valence-electron chi connectivity index (χ3n) is 4.36. The number of benzene rings is 1. The molecule has 0 unspecified atom stereocenters. The zero-order valence-corrected chi connectivity index (χ0v) is 18.7. The zero-order valence-electron chi connectivity index (χ0n) is 17.0. The monoisotopic (exact) mass is 436 g/mol. The van der Waals surface area contributed by atoms with Gasteiger partial charge in [-0.3, -0.25) is 9.48 Å². The Labute approximate surface area is 173 Å². The highest BCUT2D eigenvalue weighted by Crippen LogP contribution is 2.22. The number of aromatic nitrogens is 3. The molecule has 0 atom stereocenters. The van der Waals surface area contributed by atoms with Crippen molar-refractivity contribution in [1.82, 2.24) is 14.3 Å². The fourth-order valence-electron chi connectivity index (χ4n) is 2.98. The number of carbonyl (C=O) groups is 1. The molecule has 0 fully saturated rings. The van der Waals surface area contributed by atoms with Crippen LogP contribution in [-0.4, -0.2) is 48.6 Å². The Morgan fingerprint density at radius 2 is 2.03 bits per heavy atom. The highest BCUT2D eigenvalue weighted by atomic mass is 32.2. The number of ether oxygens (including phenoxy) is 1. The first-order valence-corrected chi connectivity index (χ1v) is 11.8. The van der Waals surface area contributed by atoms with Gasteiger partial charge in [0, 0.05) is 26.0 Å². The van der Waals surface area contributed by atoms with E-state index < -0.39 is 9.84 Å². The summed E-state index contributed by atoms with van der Waals surface area (Å²) in [6.07, 6.45) is 1.17. The van der Waals surface area contributed by atoms with Gasteiger partial charge in [0.15, 0.2) is 14.6 Å². The molecule has 0 aliphatic rings. The van der Waals surface area contributed by atoms with Crippen LogP contribution in [0.1, 0.15) is 36.1 Å². The van der Waals surface area contributed by atoms with Crippen LogP contribution in [0.5, 0.6) is 0 Å². The predicted octanol–water partition coefficient (Wildman–Crippen LogP) is 2.58. The van der Waals surface area contributed by atoms with Crippen LogP contribution in [0.25, 0.3) is 10.2 Å². The van der Waals surface area contributed by atoms with Crippen LogP contribution in [0.3, 0.4) is 0 Å². The minimum absolute atomic E-state index is 0.0261. The average molecular weight is 437 g/mol. The van der Waals surface area contributed by atoms with Crippen LogP contribution in [0, 0.1) is 6.92 Å². The van der Waals surface area contributed by atoms with E-state index in [4.69, 9.17) is 4.74 Å². The molecule has 3 rings (SSSR count). The number of sulfone groups is 1. The van der Waals surface area contributed by atoms with E-state index in [2.05, 4.69) is 10.1 Å². The Kier molecular flexibility index (Phi) is 6.06. The number of rotatable bonds is 6. The van der Waals surface area contributed by atoms with Crippen LogP contribution < -0.4 is 4.80 Å². The van der Waals surface area contributed by atoms with Crippen molar-refractivity contribution in [1.29, 1.82) is 0 Å². The smallest absolute Gasteiger partial charge is 0.297 e. The Balaban J connectivity index is 2.17. The molecule has 1 aromatic carbocycles. The largest absolute Gasteiger partial charge is 0.383 e. The van der Waals surface area contributed by atoms with Crippen molar-refractivity contribution in [3.8, 4) is 0 Å². The summed E-state index contributed by atoms with van der Waals surface area (Å²) in [5.74, 6) is -0.389. The first kappa shape index (κ1) is 21.4. The number of hydrogen-bond acceptors (Lipinski definition) is 6. The van der Waals surface area contributed by atoms with E-state index >= 15 is 0 Å². The second-order valence-corrected chi connectivity index (χ2v) is 10.1. The van der Waals surface area contributed by atoms with Crippen molar-refractivity contribution < 1.29 is 17.9 Å². The molecule has 156 valence electrons. The summed E-state index contributed by atoms with van der Waals surface area (Å²) in [6.45, 7) is 6.66.